The molecule has 1 unspecified atom stereocenters. The second-order valence-corrected chi connectivity index (χ2v) is 8.20. The smallest absolute Gasteiger partial charge is 0.412 e. The first-order chi connectivity index (χ1) is 14.4. The van der Waals surface area contributed by atoms with E-state index in [-0.39, 0.29) is 19.2 Å². The lowest BCUT2D eigenvalue weighted by molar-refractivity contribution is -0.350. The van der Waals surface area contributed by atoms with Gasteiger partial charge in [-0.25, -0.2) is 4.79 Å². The molecular weight excluding hydrogens is 483 g/mol. The molecule has 0 aromatic carbocycles. The molecule has 1 heterocycles. The van der Waals surface area contributed by atoms with Gasteiger partial charge in [0.15, 0.2) is 0 Å². The minimum atomic E-state index is -6.54. The molecule has 0 aromatic rings. The first-order valence-corrected chi connectivity index (χ1v) is 10.4. The summed E-state index contributed by atoms with van der Waals surface area (Å²) in [6.45, 7) is 1.12. The molecule has 0 aliphatic carbocycles. The van der Waals surface area contributed by atoms with E-state index in [1.807, 2.05) is 0 Å². The van der Waals surface area contributed by atoms with Gasteiger partial charge in [0.25, 0.3) is 0 Å². The van der Waals surface area contributed by atoms with Crippen molar-refractivity contribution in [3.05, 3.63) is 12.7 Å². The highest BCUT2D eigenvalue weighted by molar-refractivity contribution is 7.87. The van der Waals surface area contributed by atoms with Gasteiger partial charge in [0, 0.05) is 25.6 Å². The number of rotatable bonds is 10. The maximum absolute atomic E-state index is 13.8. The zero-order chi connectivity index (χ0) is 25.0. The first kappa shape index (κ1) is 28.1. The molecule has 1 saturated heterocycles. The van der Waals surface area contributed by atoms with Gasteiger partial charge in [-0.2, -0.15) is 39.2 Å². The summed E-state index contributed by atoms with van der Waals surface area (Å²) >= 11 is 0. The first-order valence-electron chi connectivity index (χ1n) is 9.01. The van der Waals surface area contributed by atoms with E-state index in [0.717, 1.165) is 0 Å². The zero-order valence-electron chi connectivity index (χ0n) is 16.3. The summed E-state index contributed by atoms with van der Waals surface area (Å²) in [5.41, 5.74) is 0. The summed E-state index contributed by atoms with van der Waals surface area (Å²) in [6.07, 6.45) is -7.56. The van der Waals surface area contributed by atoms with E-state index in [1.54, 1.807) is 0 Å². The van der Waals surface area contributed by atoms with Gasteiger partial charge < -0.3 is 14.4 Å². The number of ether oxygens (including phenoxy) is 2. The Hall–Kier alpha value is -1.94. The van der Waals surface area contributed by atoms with Crippen LogP contribution in [0.15, 0.2) is 12.7 Å². The van der Waals surface area contributed by atoms with Crippen LogP contribution in [0.2, 0.25) is 0 Å². The normalized spacial score (nSPS) is 18.1. The molecule has 32 heavy (non-hydrogen) atoms. The molecule has 0 radical (unpaired) electrons. The predicted octanol–water partition coefficient (Wildman–Crippen LogP) is 2.90. The van der Waals surface area contributed by atoms with E-state index in [2.05, 4.69) is 16.1 Å². The van der Waals surface area contributed by atoms with Gasteiger partial charge in [-0.1, -0.05) is 6.58 Å². The Bertz CT molecular complexity index is 810. The Balaban J connectivity index is 3.12. The van der Waals surface area contributed by atoms with Gasteiger partial charge in [-0.15, -0.1) is 0 Å². The van der Waals surface area contributed by atoms with Gasteiger partial charge in [-0.3, -0.25) is 9.35 Å². The average Bonchev–Trinajstić information content (AvgIpc) is 2.68. The quantitative estimate of drug-likeness (QED) is 0.122. The topological polar surface area (TPSA) is 110 Å². The van der Waals surface area contributed by atoms with Crippen molar-refractivity contribution in [1.82, 2.24) is 4.90 Å². The van der Waals surface area contributed by atoms with E-state index < -0.39 is 64.6 Å². The van der Waals surface area contributed by atoms with E-state index in [1.165, 1.54) is 0 Å². The zero-order valence-corrected chi connectivity index (χ0v) is 17.2. The third-order valence-electron chi connectivity index (χ3n) is 4.40. The average molecular weight is 503 g/mol. The highest BCUT2D eigenvalue weighted by atomic mass is 32.2. The predicted molar refractivity (Wildman–Crippen MR) is 92.1 cm³/mol. The number of carbonyl (C=O) groups excluding carboxylic acids is 2. The van der Waals surface area contributed by atoms with Gasteiger partial charge in [-0.05, 0) is 25.7 Å². The Kier molecular flexibility index (Phi) is 8.70. The fourth-order valence-corrected chi connectivity index (χ4v) is 3.21. The molecule has 1 N–H and O–H groups in total. The van der Waals surface area contributed by atoms with Crippen molar-refractivity contribution in [3.63, 3.8) is 0 Å². The van der Waals surface area contributed by atoms with Crippen LogP contribution < -0.4 is 0 Å². The van der Waals surface area contributed by atoms with Crippen LogP contribution in [0.1, 0.15) is 32.1 Å². The maximum atomic E-state index is 13.8. The van der Waals surface area contributed by atoms with Crippen molar-refractivity contribution in [2.24, 2.45) is 0 Å². The number of likely N-dealkylation sites (tertiary alicyclic amines) is 1. The van der Waals surface area contributed by atoms with Crippen molar-refractivity contribution < 1.29 is 62.8 Å². The van der Waals surface area contributed by atoms with Gasteiger partial charge in [0.05, 0.1) is 6.61 Å². The van der Waals surface area contributed by atoms with Crippen LogP contribution in [0.3, 0.4) is 0 Å². The van der Waals surface area contributed by atoms with Crippen LogP contribution in [0.4, 0.5) is 30.7 Å². The SMILES string of the molecule is C=CC(=O)OC(OCCCC(F)(F)C(F)(F)S(=O)(=O)O)(C(=O)N1CCCCC1)C(F)(F)F. The minimum Gasteiger partial charge on any atom is -0.412 e. The van der Waals surface area contributed by atoms with Crippen LogP contribution in [0, 0.1) is 0 Å². The largest absolute Gasteiger partial charge is 0.466 e. The number of nitrogens with zero attached hydrogens (tertiary/aromatic N) is 1. The van der Waals surface area contributed by atoms with Crippen molar-refractivity contribution >= 4 is 22.0 Å². The van der Waals surface area contributed by atoms with Crippen molar-refractivity contribution in [1.29, 1.82) is 0 Å². The molecule has 0 saturated carbocycles. The lowest BCUT2D eigenvalue weighted by Gasteiger charge is -2.38. The molecule has 1 amide bonds. The number of amides is 1. The summed E-state index contributed by atoms with van der Waals surface area (Å²) in [7, 11) is -6.54. The van der Waals surface area contributed by atoms with Crippen molar-refractivity contribution in [2.45, 2.75) is 55.2 Å². The Morgan fingerprint density at radius 3 is 2.00 bits per heavy atom. The summed E-state index contributed by atoms with van der Waals surface area (Å²) in [4.78, 5) is 24.8. The maximum Gasteiger partial charge on any atom is 0.466 e. The van der Waals surface area contributed by atoms with Crippen LogP contribution in [-0.4, -0.2) is 72.6 Å². The van der Waals surface area contributed by atoms with Crippen molar-refractivity contribution in [3.8, 4) is 0 Å². The molecule has 1 aliphatic rings. The third kappa shape index (κ3) is 5.89. The molecule has 0 bridgehead atoms. The standard InChI is InChI=1S/C16H20F7NO7S/c1-2-11(25)31-14(15(19,20)21,12(26)24-8-4-3-5-9-24)30-10-6-7-13(17,18)16(22,23)32(27,28)29/h2H,1,3-10H2,(H,27,28,29). The highest BCUT2D eigenvalue weighted by Crippen LogP contribution is 2.42. The Morgan fingerprint density at radius 1 is 1.03 bits per heavy atom. The summed E-state index contributed by atoms with van der Waals surface area (Å²) in [6, 6.07) is 0. The van der Waals surface area contributed by atoms with Gasteiger partial charge >= 0.3 is 45.1 Å². The van der Waals surface area contributed by atoms with E-state index in [4.69, 9.17) is 4.55 Å². The van der Waals surface area contributed by atoms with Crippen LogP contribution in [-0.2, 0) is 29.2 Å². The van der Waals surface area contributed by atoms with E-state index in [9.17, 15) is 48.7 Å². The number of piperidine rings is 1. The molecular formula is C16H20F7NO7S. The van der Waals surface area contributed by atoms with E-state index in [0.29, 0.717) is 24.2 Å². The van der Waals surface area contributed by atoms with E-state index >= 15 is 0 Å². The van der Waals surface area contributed by atoms with Crippen LogP contribution >= 0.6 is 0 Å². The monoisotopic (exact) mass is 503 g/mol. The van der Waals surface area contributed by atoms with Crippen molar-refractivity contribution in [2.75, 3.05) is 19.7 Å². The summed E-state index contributed by atoms with van der Waals surface area (Å²) in [5.74, 6) is -13.2. The molecule has 0 aromatic heterocycles. The second kappa shape index (κ2) is 9.91. The lowest BCUT2D eigenvalue weighted by atomic mass is 10.1. The number of esters is 1. The number of hydrogen-bond donors (Lipinski definition) is 1. The molecule has 186 valence electrons. The van der Waals surface area contributed by atoms with Gasteiger partial charge in [0.2, 0.25) is 0 Å². The molecule has 1 rings (SSSR count). The summed E-state index contributed by atoms with van der Waals surface area (Å²) in [5, 5.41) is -5.93. The molecule has 8 nitrogen and oxygen atoms in total. The molecule has 1 aliphatic heterocycles. The third-order valence-corrected chi connectivity index (χ3v) is 5.35. The van der Waals surface area contributed by atoms with Crippen LogP contribution in [0.5, 0.6) is 0 Å². The molecule has 1 fully saturated rings. The summed E-state index contributed by atoms with van der Waals surface area (Å²) < 4.78 is 133. The lowest BCUT2D eigenvalue weighted by Crippen LogP contribution is -2.62. The number of carbonyl (C=O) groups is 2. The Morgan fingerprint density at radius 2 is 1.56 bits per heavy atom. The van der Waals surface area contributed by atoms with Crippen LogP contribution in [0.25, 0.3) is 0 Å². The molecule has 1 atom stereocenters. The second-order valence-electron chi connectivity index (χ2n) is 6.74. The fourth-order valence-electron chi connectivity index (χ4n) is 2.73. The highest BCUT2D eigenvalue weighted by Gasteiger charge is 2.68. The molecule has 0 spiro atoms. The van der Waals surface area contributed by atoms with Gasteiger partial charge in [0.1, 0.15) is 0 Å². The fraction of sp³-hybridized carbons (Fsp3) is 0.750. The Labute approximate surface area is 178 Å². The number of alkyl halides is 7. The minimum absolute atomic E-state index is 0.148. The molecule has 16 heteroatoms. The number of hydrogen-bond acceptors (Lipinski definition) is 6. The number of halogens is 7.